The van der Waals surface area contributed by atoms with Crippen molar-refractivity contribution in [2.45, 2.75) is 45.2 Å². The van der Waals surface area contributed by atoms with Crippen LogP contribution in [0.25, 0.3) is 0 Å². The Hall–Kier alpha value is -1.30. The summed E-state index contributed by atoms with van der Waals surface area (Å²) in [5.74, 6) is 0.483. The summed E-state index contributed by atoms with van der Waals surface area (Å²) in [7, 11) is 1.69. The highest BCUT2D eigenvalue weighted by Crippen LogP contribution is 2.40. The van der Waals surface area contributed by atoms with E-state index in [0.717, 1.165) is 32.2 Å². The maximum absolute atomic E-state index is 13.0. The lowest BCUT2D eigenvalue weighted by atomic mass is 9.83. The zero-order chi connectivity index (χ0) is 21.2. The van der Waals surface area contributed by atoms with Crippen LogP contribution in [0.2, 0.25) is 0 Å². The van der Waals surface area contributed by atoms with Gasteiger partial charge in [0.1, 0.15) is 5.82 Å². The molecule has 0 unspecified atom stereocenters. The monoisotopic (exact) mass is 543 g/mol. The molecule has 0 amide bonds. The molecule has 0 aliphatic heterocycles. The van der Waals surface area contributed by atoms with Gasteiger partial charge < -0.3 is 20.7 Å². The molecule has 6 nitrogen and oxygen atoms in total. The van der Waals surface area contributed by atoms with Crippen LogP contribution in [0.1, 0.15) is 44.6 Å². The van der Waals surface area contributed by atoms with Gasteiger partial charge in [-0.25, -0.2) is 4.98 Å². The van der Waals surface area contributed by atoms with E-state index in [-0.39, 0.29) is 41.8 Å². The predicted octanol–water partition coefficient (Wildman–Crippen LogP) is 4.28. The van der Waals surface area contributed by atoms with Crippen molar-refractivity contribution in [3.8, 4) is 0 Å². The zero-order valence-electron chi connectivity index (χ0n) is 17.6. The van der Waals surface area contributed by atoms with Gasteiger partial charge in [-0.05, 0) is 43.7 Å². The summed E-state index contributed by atoms with van der Waals surface area (Å²) < 4.78 is 44.5. The minimum absolute atomic E-state index is 0. The molecule has 3 N–H and O–H groups in total. The van der Waals surface area contributed by atoms with Gasteiger partial charge in [-0.15, -0.1) is 24.0 Å². The first-order valence-electron chi connectivity index (χ1n) is 10.2. The maximum atomic E-state index is 13.0. The average Bonchev–Trinajstić information content (AvgIpc) is 3.16. The van der Waals surface area contributed by atoms with E-state index in [9.17, 15) is 13.2 Å². The zero-order valence-corrected chi connectivity index (χ0v) is 20.0. The first-order chi connectivity index (χ1) is 13.9. The molecule has 2 rings (SSSR count). The van der Waals surface area contributed by atoms with Gasteiger partial charge >= 0.3 is 6.18 Å². The Balaban J connectivity index is 0.00000450. The lowest BCUT2D eigenvalue weighted by molar-refractivity contribution is -0.137. The first kappa shape index (κ1) is 26.7. The molecule has 10 heteroatoms. The standard InChI is InChI=1S/C20H32F3N5O.HI/c1-3-29-14-10-19(8-4-5-9-19)15-28-18(24-2)27-13-12-26-17-16(20(21,22)23)7-6-11-25-17;/h6-7,11H,3-5,8-10,12-15H2,1-2H3,(H,25,26)(H2,24,27,28);1H. The molecule has 172 valence electrons. The number of aliphatic imine (C=N–C) groups is 1. The Bertz CT molecular complexity index is 652. The number of halogens is 4. The largest absolute Gasteiger partial charge is 0.419 e. The van der Waals surface area contributed by atoms with Crippen LogP contribution in [0.4, 0.5) is 19.0 Å². The molecule has 1 aromatic rings. The number of nitrogens with zero attached hydrogens (tertiary/aromatic N) is 2. The van der Waals surface area contributed by atoms with Crippen molar-refractivity contribution in [3.05, 3.63) is 23.9 Å². The summed E-state index contributed by atoms with van der Waals surface area (Å²) in [6.45, 7) is 5.01. The number of guanidine groups is 1. The summed E-state index contributed by atoms with van der Waals surface area (Å²) in [6.07, 6.45) is 2.74. The quantitative estimate of drug-likeness (QED) is 0.178. The molecule has 0 atom stereocenters. The number of hydrogen-bond donors (Lipinski definition) is 3. The number of nitrogens with one attached hydrogen (secondary N) is 3. The van der Waals surface area contributed by atoms with Crippen molar-refractivity contribution < 1.29 is 17.9 Å². The van der Waals surface area contributed by atoms with Crippen LogP contribution in [0.5, 0.6) is 0 Å². The summed E-state index contributed by atoms with van der Waals surface area (Å²) >= 11 is 0. The van der Waals surface area contributed by atoms with E-state index in [0.29, 0.717) is 12.5 Å². The molecular weight excluding hydrogens is 510 g/mol. The molecule has 1 heterocycles. The van der Waals surface area contributed by atoms with Gasteiger partial charge in [0.15, 0.2) is 5.96 Å². The second kappa shape index (κ2) is 13.2. The minimum Gasteiger partial charge on any atom is -0.382 e. The predicted molar refractivity (Wildman–Crippen MR) is 125 cm³/mol. The Morgan fingerprint density at radius 1 is 1.23 bits per heavy atom. The van der Waals surface area contributed by atoms with E-state index in [1.54, 1.807) is 7.05 Å². The molecule has 0 radical (unpaired) electrons. The third-order valence-electron chi connectivity index (χ3n) is 5.32. The highest BCUT2D eigenvalue weighted by atomic mass is 127. The third kappa shape index (κ3) is 8.44. The van der Waals surface area contributed by atoms with Crippen LogP contribution in [0.15, 0.2) is 23.3 Å². The van der Waals surface area contributed by atoms with E-state index in [1.165, 1.54) is 37.9 Å². The Morgan fingerprint density at radius 3 is 2.60 bits per heavy atom. The number of anilines is 1. The number of aromatic nitrogens is 1. The van der Waals surface area contributed by atoms with Gasteiger partial charge in [0.2, 0.25) is 0 Å². The molecule has 0 bridgehead atoms. The molecule has 1 aliphatic carbocycles. The summed E-state index contributed by atoms with van der Waals surface area (Å²) in [5, 5.41) is 9.26. The fourth-order valence-electron chi connectivity index (χ4n) is 3.70. The molecular formula is C20H33F3IN5O. The van der Waals surface area contributed by atoms with Crippen LogP contribution in [-0.4, -0.2) is 50.8 Å². The first-order valence-corrected chi connectivity index (χ1v) is 10.2. The van der Waals surface area contributed by atoms with Crippen molar-refractivity contribution in [2.75, 3.05) is 45.2 Å². The molecule has 1 aliphatic rings. The van der Waals surface area contributed by atoms with Crippen LogP contribution in [0.3, 0.4) is 0 Å². The molecule has 30 heavy (non-hydrogen) atoms. The number of ether oxygens (including phenoxy) is 1. The Morgan fingerprint density at radius 2 is 1.97 bits per heavy atom. The van der Waals surface area contributed by atoms with Gasteiger partial charge in [-0.1, -0.05) is 12.8 Å². The lowest BCUT2D eigenvalue weighted by Gasteiger charge is -2.30. The van der Waals surface area contributed by atoms with E-state index in [1.807, 2.05) is 6.92 Å². The fourth-order valence-corrected chi connectivity index (χ4v) is 3.70. The molecule has 0 saturated heterocycles. The highest BCUT2D eigenvalue weighted by molar-refractivity contribution is 14.0. The number of hydrogen-bond acceptors (Lipinski definition) is 4. The normalized spacial score (nSPS) is 16.1. The van der Waals surface area contributed by atoms with Crippen molar-refractivity contribution in [2.24, 2.45) is 10.4 Å². The summed E-state index contributed by atoms with van der Waals surface area (Å²) in [4.78, 5) is 8.02. The summed E-state index contributed by atoms with van der Waals surface area (Å²) in [6, 6.07) is 2.30. The van der Waals surface area contributed by atoms with E-state index in [2.05, 4.69) is 25.9 Å². The van der Waals surface area contributed by atoms with Gasteiger partial charge in [0.25, 0.3) is 0 Å². The number of rotatable bonds is 10. The molecule has 1 aromatic heterocycles. The lowest BCUT2D eigenvalue weighted by Crippen LogP contribution is -2.44. The van der Waals surface area contributed by atoms with Crippen LogP contribution in [0, 0.1) is 5.41 Å². The van der Waals surface area contributed by atoms with Crippen LogP contribution < -0.4 is 16.0 Å². The van der Waals surface area contributed by atoms with E-state index < -0.39 is 11.7 Å². The molecule has 1 saturated carbocycles. The summed E-state index contributed by atoms with van der Waals surface area (Å²) in [5.41, 5.74) is -0.541. The van der Waals surface area contributed by atoms with Gasteiger partial charge in [-0.2, -0.15) is 13.2 Å². The fraction of sp³-hybridized carbons (Fsp3) is 0.700. The highest BCUT2D eigenvalue weighted by Gasteiger charge is 2.34. The van der Waals surface area contributed by atoms with Crippen molar-refractivity contribution in [1.82, 2.24) is 15.6 Å². The van der Waals surface area contributed by atoms with Crippen molar-refractivity contribution in [1.29, 1.82) is 0 Å². The average molecular weight is 543 g/mol. The number of alkyl halides is 3. The van der Waals surface area contributed by atoms with E-state index >= 15 is 0 Å². The van der Waals surface area contributed by atoms with Crippen LogP contribution in [-0.2, 0) is 10.9 Å². The van der Waals surface area contributed by atoms with Crippen molar-refractivity contribution >= 4 is 35.8 Å². The van der Waals surface area contributed by atoms with Crippen LogP contribution >= 0.6 is 24.0 Å². The second-order valence-corrected chi connectivity index (χ2v) is 7.33. The maximum Gasteiger partial charge on any atom is 0.419 e. The van der Waals surface area contributed by atoms with E-state index in [4.69, 9.17) is 4.74 Å². The number of pyridine rings is 1. The molecule has 0 aromatic carbocycles. The van der Waals surface area contributed by atoms with Gasteiger partial charge in [-0.3, -0.25) is 4.99 Å². The second-order valence-electron chi connectivity index (χ2n) is 7.33. The SMILES string of the molecule is CCOCCC1(CNC(=NC)NCCNc2ncccc2C(F)(F)F)CCCC1.I. The Labute approximate surface area is 193 Å². The van der Waals surface area contributed by atoms with Gasteiger partial charge in [0.05, 0.1) is 5.56 Å². The van der Waals surface area contributed by atoms with Gasteiger partial charge in [0, 0.05) is 46.1 Å². The van der Waals surface area contributed by atoms with Crippen molar-refractivity contribution in [3.63, 3.8) is 0 Å². The molecule has 0 spiro atoms. The third-order valence-corrected chi connectivity index (χ3v) is 5.32. The molecule has 1 fully saturated rings. The topological polar surface area (TPSA) is 70.6 Å². The minimum atomic E-state index is -4.43. The smallest absolute Gasteiger partial charge is 0.382 e. The Kier molecular flexibility index (Phi) is 11.7.